The van der Waals surface area contributed by atoms with Crippen LogP contribution in [-0.4, -0.2) is 49.6 Å². The molecule has 0 aliphatic carbocycles. The van der Waals surface area contributed by atoms with Crippen LogP contribution in [-0.2, 0) is 22.4 Å². The molecule has 2 heterocycles. The van der Waals surface area contributed by atoms with Crippen LogP contribution in [0, 0.1) is 5.82 Å². The Balaban J connectivity index is 1.53. The SMILES string of the molecule is CNC(=O)c1cc(F)cc(-c2cc3c(c(C(=O)N[C@H](Cc4c[nH]c5ccccc45)C(=O)OC)c2)OCCCC3)c1. The smallest absolute Gasteiger partial charge is 0.328 e. The number of hydrogen-bond acceptors (Lipinski definition) is 5. The van der Waals surface area contributed by atoms with Crippen LogP contribution in [0.4, 0.5) is 4.39 Å². The van der Waals surface area contributed by atoms with Crippen molar-refractivity contribution in [2.24, 2.45) is 0 Å². The lowest BCUT2D eigenvalue weighted by Gasteiger charge is -2.20. The van der Waals surface area contributed by atoms with Crippen LogP contribution < -0.4 is 15.4 Å². The molecule has 0 spiro atoms. The van der Waals surface area contributed by atoms with Gasteiger partial charge in [0.25, 0.3) is 11.8 Å². The van der Waals surface area contributed by atoms with E-state index in [0.29, 0.717) is 29.9 Å². The Labute approximate surface area is 230 Å². The molecule has 40 heavy (non-hydrogen) atoms. The summed E-state index contributed by atoms with van der Waals surface area (Å²) in [6.45, 7) is 0.448. The maximum atomic E-state index is 14.5. The van der Waals surface area contributed by atoms with E-state index in [1.807, 2.05) is 36.5 Å². The van der Waals surface area contributed by atoms with Crippen LogP contribution in [0.1, 0.15) is 44.7 Å². The number of hydrogen-bond donors (Lipinski definition) is 3. The number of methoxy groups -OCH3 is 1. The fourth-order valence-electron chi connectivity index (χ4n) is 5.10. The zero-order valence-electron chi connectivity index (χ0n) is 22.3. The van der Waals surface area contributed by atoms with Gasteiger partial charge in [0.2, 0.25) is 0 Å². The molecular weight excluding hydrogens is 513 g/mol. The van der Waals surface area contributed by atoms with Crippen LogP contribution >= 0.6 is 0 Å². The Kier molecular flexibility index (Phi) is 7.82. The van der Waals surface area contributed by atoms with Gasteiger partial charge in [0.05, 0.1) is 19.3 Å². The van der Waals surface area contributed by atoms with Crippen LogP contribution in [0.3, 0.4) is 0 Å². The lowest BCUT2D eigenvalue weighted by atomic mass is 9.94. The van der Waals surface area contributed by atoms with Crippen molar-refractivity contribution in [3.63, 3.8) is 0 Å². The van der Waals surface area contributed by atoms with Gasteiger partial charge in [0, 0.05) is 36.1 Å². The molecule has 9 heteroatoms. The standard InChI is InChI=1S/C31H30FN3O5/c1-33-29(36)21-12-19(13-23(32)14-21)20-11-18-7-5-6-10-40-28(18)25(15-20)30(37)35-27(31(38)39-2)16-22-17-34-26-9-4-3-8-24(22)26/h3-4,8-9,11-15,17,27,34H,5-7,10,16H2,1-2H3,(H,33,36)(H,35,37)/t27-/m1/s1. The number of fused-ring (bicyclic) bond motifs is 2. The second-order valence-corrected chi connectivity index (χ2v) is 9.74. The number of aryl methyl sites for hydroxylation is 1. The predicted octanol–water partition coefficient (Wildman–Crippen LogP) is 4.56. The largest absolute Gasteiger partial charge is 0.492 e. The first kappa shape index (κ1) is 26.9. The molecule has 1 aliphatic rings. The molecule has 5 rings (SSSR count). The van der Waals surface area contributed by atoms with Crippen molar-refractivity contribution in [1.29, 1.82) is 0 Å². The van der Waals surface area contributed by atoms with Gasteiger partial charge < -0.3 is 25.1 Å². The lowest BCUT2D eigenvalue weighted by molar-refractivity contribution is -0.142. The first-order valence-electron chi connectivity index (χ1n) is 13.1. The lowest BCUT2D eigenvalue weighted by Crippen LogP contribution is -2.43. The molecule has 4 aromatic rings. The van der Waals surface area contributed by atoms with Crippen LogP contribution in [0.2, 0.25) is 0 Å². The Morgan fingerprint density at radius 3 is 2.65 bits per heavy atom. The van der Waals surface area contributed by atoms with Crippen LogP contribution in [0.25, 0.3) is 22.0 Å². The summed E-state index contributed by atoms with van der Waals surface area (Å²) in [5.41, 5.74) is 3.99. The molecule has 206 valence electrons. The van der Waals surface area contributed by atoms with Crippen molar-refractivity contribution < 1.29 is 28.2 Å². The zero-order valence-corrected chi connectivity index (χ0v) is 22.3. The van der Waals surface area contributed by atoms with Gasteiger partial charge in [-0.05, 0) is 77.9 Å². The van der Waals surface area contributed by atoms with E-state index in [2.05, 4.69) is 15.6 Å². The molecule has 1 aromatic heterocycles. The molecule has 0 saturated carbocycles. The molecule has 0 unspecified atom stereocenters. The van der Waals surface area contributed by atoms with Crippen molar-refractivity contribution in [1.82, 2.24) is 15.6 Å². The van der Waals surface area contributed by atoms with E-state index in [4.69, 9.17) is 9.47 Å². The number of nitrogens with one attached hydrogen (secondary N) is 3. The molecule has 1 aliphatic heterocycles. The fourth-order valence-corrected chi connectivity index (χ4v) is 5.10. The van der Waals surface area contributed by atoms with Crippen molar-refractivity contribution in [2.75, 3.05) is 20.8 Å². The highest BCUT2D eigenvalue weighted by Crippen LogP contribution is 2.35. The van der Waals surface area contributed by atoms with Crippen molar-refractivity contribution in [2.45, 2.75) is 31.7 Å². The number of benzene rings is 3. The number of esters is 1. The summed E-state index contributed by atoms with van der Waals surface area (Å²) < 4.78 is 25.6. The highest BCUT2D eigenvalue weighted by molar-refractivity contribution is 6.01. The Hall–Kier alpha value is -4.66. The summed E-state index contributed by atoms with van der Waals surface area (Å²) in [5, 5.41) is 6.29. The third kappa shape index (κ3) is 5.54. The number of aromatic amines is 1. The Bertz CT molecular complexity index is 1600. The van der Waals surface area contributed by atoms with E-state index in [9.17, 15) is 18.8 Å². The number of amides is 2. The molecule has 2 amide bonds. The van der Waals surface area contributed by atoms with Gasteiger partial charge in [0.1, 0.15) is 17.6 Å². The van der Waals surface area contributed by atoms with Crippen molar-refractivity contribution >= 4 is 28.7 Å². The summed E-state index contributed by atoms with van der Waals surface area (Å²) in [6, 6.07) is 14.3. The quantitative estimate of drug-likeness (QED) is 0.296. The summed E-state index contributed by atoms with van der Waals surface area (Å²) >= 11 is 0. The van der Waals surface area contributed by atoms with Gasteiger partial charge in [-0.1, -0.05) is 18.2 Å². The van der Waals surface area contributed by atoms with E-state index in [0.717, 1.165) is 40.9 Å². The normalized spacial score (nSPS) is 13.5. The second kappa shape index (κ2) is 11.6. The van der Waals surface area contributed by atoms with Gasteiger partial charge in [0.15, 0.2) is 0 Å². The maximum Gasteiger partial charge on any atom is 0.328 e. The molecule has 8 nitrogen and oxygen atoms in total. The predicted molar refractivity (Wildman–Crippen MR) is 149 cm³/mol. The molecule has 3 aromatic carbocycles. The van der Waals surface area contributed by atoms with E-state index >= 15 is 0 Å². The van der Waals surface area contributed by atoms with Crippen molar-refractivity contribution in [3.05, 3.63) is 88.9 Å². The molecular formula is C31H30FN3O5. The summed E-state index contributed by atoms with van der Waals surface area (Å²) in [5.74, 6) is -1.65. The number of aromatic nitrogens is 1. The minimum absolute atomic E-state index is 0.166. The monoisotopic (exact) mass is 543 g/mol. The fraction of sp³-hybridized carbons (Fsp3) is 0.258. The number of carbonyl (C=O) groups excluding carboxylic acids is 3. The Morgan fingerprint density at radius 2 is 1.85 bits per heavy atom. The molecule has 0 radical (unpaired) electrons. The molecule has 0 bridgehead atoms. The summed E-state index contributed by atoms with van der Waals surface area (Å²) in [7, 11) is 2.75. The highest BCUT2D eigenvalue weighted by atomic mass is 19.1. The number of rotatable bonds is 7. The third-order valence-electron chi connectivity index (χ3n) is 7.11. The van der Waals surface area contributed by atoms with Gasteiger partial charge in [-0.2, -0.15) is 0 Å². The maximum absolute atomic E-state index is 14.5. The molecule has 0 fully saturated rings. The number of carbonyl (C=O) groups is 3. The molecule has 0 saturated heterocycles. The second-order valence-electron chi connectivity index (χ2n) is 9.74. The van der Waals surface area contributed by atoms with E-state index < -0.39 is 29.6 Å². The van der Waals surface area contributed by atoms with Crippen molar-refractivity contribution in [3.8, 4) is 16.9 Å². The van der Waals surface area contributed by atoms with Gasteiger partial charge >= 0.3 is 5.97 Å². The van der Waals surface area contributed by atoms with E-state index in [-0.39, 0.29) is 17.5 Å². The molecule has 1 atom stereocenters. The van der Waals surface area contributed by atoms with Gasteiger partial charge in [-0.25, -0.2) is 9.18 Å². The average Bonchev–Trinajstić information content (AvgIpc) is 3.22. The first-order valence-corrected chi connectivity index (χ1v) is 13.1. The van der Waals surface area contributed by atoms with Crippen LogP contribution in [0.5, 0.6) is 5.75 Å². The highest BCUT2D eigenvalue weighted by Gasteiger charge is 2.27. The number of H-pyrrole nitrogens is 1. The summed E-state index contributed by atoms with van der Waals surface area (Å²) in [6.07, 6.45) is 4.37. The number of ether oxygens (including phenoxy) is 2. The number of halogens is 1. The van der Waals surface area contributed by atoms with Gasteiger partial charge in [-0.3, -0.25) is 9.59 Å². The van der Waals surface area contributed by atoms with E-state index in [1.165, 1.54) is 20.2 Å². The van der Waals surface area contributed by atoms with Crippen LogP contribution in [0.15, 0.2) is 60.8 Å². The van der Waals surface area contributed by atoms with E-state index in [1.54, 1.807) is 12.1 Å². The minimum Gasteiger partial charge on any atom is -0.492 e. The average molecular weight is 544 g/mol. The minimum atomic E-state index is -0.962. The number of para-hydroxylation sites is 1. The van der Waals surface area contributed by atoms with Gasteiger partial charge in [-0.15, -0.1) is 0 Å². The molecule has 3 N–H and O–H groups in total. The Morgan fingerprint density at radius 1 is 1.05 bits per heavy atom. The third-order valence-corrected chi connectivity index (χ3v) is 7.11. The first-order chi connectivity index (χ1) is 19.4. The topological polar surface area (TPSA) is 110 Å². The zero-order chi connectivity index (χ0) is 28.2. The summed E-state index contributed by atoms with van der Waals surface area (Å²) in [4.78, 5) is 42.0.